The van der Waals surface area contributed by atoms with Gasteiger partial charge in [0.25, 0.3) is 0 Å². The molecule has 5 nitrogen and oxygen atoms in total. The van der Waals surface area contributed by atoms with Crippen LogP contribution in [0.1, 0.15) is 25.5 Å². The standard InChI is InChI=1S/C18H29ClN4O/c1-14(13-23-7-9-24-10-8-23)12-21-18(20-3)22-15(2)16-5-4-6-17(19)11-16/h4-6,11,14-15H,7-10,12-13H2,1-3H3,(H2,20,21,22). The number of rotatable bonds is 6. The number of benzene rings is 1. The molecule has 134 valence electrons. The van der Waals surface area contributed by atoms with Crippen LogP contribution in [0.5, 0.6) is 0 Å². The van der Waals surface area contributed by atoms with Gasteiger partial charge in [0.15, 0.2) is 5.96 Å². The summed E-state index contributed by atoms with van der Waals surface area (Å²) in [6.45, 7) is 10.1. The van der Waals surface area contributed by atoms with Crippen molar-refractivity contribution in [1.29, 1.82) is 0 Å². The molecule has 2 N–H and O–H groups in total. The van der Waals surface area contributed by atoms with Crippen LogP contribution in [0.2, 0.25) is 5.02 Å². The summed E-state index contributed by atoms with van der Waals surface area (Å²) in [4.78, 5) is 6.78. The van der Waals surface area contributed by atoms with Crippen LogP contribution in [0.3, 0.4) is 0 Å². The lowest BCUT2D eigenvalue weighted by molar-refractivity contribution is 0.0320. The minimum Gasteiger partial charge on any atom is -0.379 e. The Morgan fingerprint density at radius 1 is 1.33 bits per heavy atom. The quantitative estimate of drug-likeness (QED) is 0.610. The van der Waals surface area contributed by atoms with Crippen molar-refractivity contribution in [3.8, 4) is 0 Å². The summed E-state index contributed by atoms with van der Waals surface area (Å²) < 4.78 is 5.40. The summed E-state index contributed by atoms with van der Waals surface area (Å²) in [5.74, 6) is 1.36. The molecule has 0 aromatic heterocycles. The molecule has 2 unspecified atom stereocenters. The lowest BCUT2D eigenvalue weighted by atomic mass is 10.1. The van der Waals surface area contributed by atoms with E-state index in [4.69, 9.17) is 16.3 Å². The first kappa shape index (κ1) is 19.0. The molecule has 1 heterocycles. The van der Waals surface area contributed by atoms with Crippen LogP contribution in [0.15, 0.2) is 29.3 Å². The molecular weight excluding hydrogens is 324 g/mol. The highest BCUT2D eigenvalue weighted by molar-refractivity contribution is 6.30. The zero-order valence-electron chi connectivity index (χ0n) is 14.9. The van der Waals surface area contributed by atoms with Gasteiger partial charge in [0.1, 0.15) is 0 Å². The maximum atomic E-state index is 6.07. The molecule has 1 aliphatic rings. The lowest BCUT2D eigenvalue weighted by Crippen LogP contribution is -2.44. The van der Waals surface area contributed by atoms with E-state index in [-0.39, 0.29) is 6.04 Å². The number of guanidine groups is 1. The molecule has 0 spiro atoms. The number of ether oxygens (including phenoxy) is 1. The van der Waals surface area contributed by atoms with E-state index >= 15 is 0 Å². The third-order valence-electron chi connectivity index (χ3n) is 4.22. The van der Waals surface area contributed by atoms with Crippen molar-refractivity contribution in [2.75, 3.05) is 46.4 Å². The normalized spacial score (nSPS) is 18.9. The predicted octanol–water partition coefficient (Wildman–Crippen LogP) is 2.53. The van der Waals surface area contributed by atoms with E-state index in [9.17, 15) is 0 Å². The summed E-state index contributed by atoms with van der Waals surface area (Å²) in [6, 6.07) is 8.05. The molecule has 2 atom stereocenters. The lowest BCUT2D eigenvalue weighted by Gasteiger charge is -2.29. The molecule has 0 radical (unpaired) electrons. The molecule has 1 aromatic carbocycles. The summed E-state index contributed by atoms with van der Waals surface area (Å²) in [5, 5.41) is 7.59. The van der Waals surface area contributed by atoms with Gasteiger partial charge in [-0.15, -0.1) is 0 Å². The molecule has 1 aliphatic heterocycles. The first-order valence-corrected chi connectivity index (χ1v) is 8.99. The fourth-order valence-corrected chi connectivity index (χ4v) is 3.02. The van der Waals surface area contributed by atoms with E-state index < -0.39 is 0 Å². The maximum Gasteiger partial charge on any atom is 0.191 e. The number of aliphatic imine (C=N–C) groups is 1. The van der Waals surface area contributed by atoms with Crippen molar-refractivity contribution in [2.45, 2.75) is 19.9 Å². The minimum atomic E-state index is 0.143. The van der Waals surface area contributed by atoms with Crippen LogP contribution in [-0.4, -0.2) is 57.3 Å². The maximum absolute atomic E-state index is 6.07. The van der Waals surface area contributed by atoms with Crippen molar-refractivity contribution < 1.29 is 4.74 Å². The molecule has 0 amide bonds. The Kier molecular flexibility index (Phi) is 7.82. The van der Waals surface area contributed by atoms with Crippen molar-refractivity contribution >= 4 is 17.6 Å². The highest BCUT2D eigenvalue weighted by Gasteiger charge is 2.14. The number of nitrogens with zero attached hydrogens (tertiary/aromatic N) is 2. The molecule has 24 heavy (non-hydrogen) atoms. The molecule has 1 saturated heterocycles. The fourth-order valence-electron chi connectivity index (χ4n) is 2.82. The second-order valence-corrected chi connectivity index (χ2v) is 6.83. The van der Waals surface area contributed by atoms with Crippen molar-refractivity contribution in [1.82, 2.24) is 15.5 Å². The topological polar surface area (TPSA) is 48.9 Å². The number of nitrogens with one attached hydrogen (secondary N) is 2. The van der Waals surface area contributed by atoms with Gasteiger partial charge in [-0.2, -0.15) is 0 Å². The van der Waals surface area contributed by atoms with Gasteiger partial charge in [0.2, 0.25) is 0 Å². The summed E-state index contributed by atoms with van der Waals surface area (Å²) >= 11 is 6.07. The van der Waals surface area contributed by atoms with Crippen LogP contribution >= 0.6 is 11.6 Å². The van der Waals surface area contributed by atoms with Crippen LogP contribution in [0.4, 0.5) is 0 Å². The van der Waals surface area contributed by atoms with E-state index in [0.717, 1.165) is 55.9 Å². The number of morpholine rings is 1. The number of halogens is 1. The van der Waals surface area contributed by atoms with Crippen molar-refractivity contribution in [3.63, 3.8) is 0 Å². The van der Waals surface area contributed by atoms with Crippen molar-refractivity contribution in [3.05, 3.63) is 34.9 Å². The van der Waals surface area contributed by atoms with Crippen LogP contribution < -0.4 is 10.6 Å². The van der Waals surface area contributed by atoms with Crippen LogP contribution in [0, 0.1) is 5.92 Å². The summed E-state index contributed by atoms with van der Waals surface area (Å²) in [6.07, 6.45) is 0. The second-order valence-electron chi connectivity index (χ2n) is 6.39. The van der Waals surface area contributed by atoms with Gasteiger partial charge in [-0.1, -0.05) is 30.7 Å². The SMILES string of the molecule is CN=C(NCC(C)CN1CCOCC1)NC(C)c1cccc(Cl)c1. The average Bonchev–Trinajstić information content (AvgIpc) is 2.59. The molecule has 0 bridgehead atoms. The molecular formula is C18H29ClN4O. The molecule has 1 fully saturated rings. The van der Waals surface area contributed by atoms with E-state index in [1.54, 1.807) is 7.05 Å². The molecule has 6 heteroatoms. The first-order chi connectivity index (χ1) is 11.6. The van der Waals surface area contributed by atoms with Gasteiger partial charge in [0, 0.05) is 38.2 Å². The number of hydrogen-bond acceptors (Lipinski definition) is 3. The molecule has 0 aliphatic carbocycles. The van der Waals surface area contributed by atoms with Crippen molar-refractivity contribution in [2.24, 2.45) is 10.9 Å². The Bertz CT molecular complexity index is 532. The van der Waals surface area contributed by atoms with Gasteiger partial charge in [-0.25, -0.2) is 0 Å². The first-order valence-electron chi connectivity index (χ1n) is 8.61. The van der Waals surface area contributed by atoms with E-state index in [0.29, 0.717) is 5.92 Å². The van der Waals surface area contributed by atoms with E-state index in [2.05, 4.69) is 40.4 Å². The average molecular weight is 353 g/mol. The summed E-state index contributed by atoms with van der Waals surface area (Å²) in [7, 11) is 1.80. The second kappa shape index (κ2) is 9.87. The largest absolute Gasteiger partial charge is 0.379 e. The van der Waals surface area contributed by atoms with E-state index in [1.165, 1.54) is 0 Å². The van der Waals surface area contributed by atoms with Gasteiger partial charge >= 0.3 is 0 Å². The Morgan fingerprint density at radius 3 is 2.75 bits per heavy atom. The third kappa shape index (κ3) is 6.30. The number of hydrogen-bond donors (Lipinski definition) is 2. The molecule has 2 rings (SSSR count). The Hall–Kier alpha value is -1.30. The van der Waals surface area contributed by atoms with Gasteiger partial charge in [-0.05, 0) is 30.5 Å². The Morgan fingerprint density at radius 2 is 2.08 bits per heavy atom. The highest BCUT2D eigenvalue weighted by atomic mass is 35.5. The zero-order valence-corrected chi connectivity index (χ0v) is 15.6. The Balaban J connectivity index is 1.77. The third-order valence-corrected chi connectivity index (χ3v) is 4.45. The van der Waals surface area contributed by atoms with Crippen LogP contribution in [-0.2, 0) is 4.74 Å². The van der Waals surface area contributed by atoms with Gasteiger partial charge in [-0.3, -0.25) is 9.89 Å². The zero-order chi connectivity index (χ0) is 17.4. The monoisotopic (exact) mass is 352 g/mol. The smallest absolute Gasteiger partial charge is 0.191 e. The molecule has 1 aromatic rings. The Labute approximate surface area is 150 Å². The van der Waals surface area contributed by atoms with E-state index in [1.807, 2.05) is 18.2 Å². The van der Waals surface area contributed by atoms with Gasteiger partial charge < -0.3 is 15.4 Å². The highest BCUT2D eigenvalue weighted by Crippen LogP contribution is 2.17. The summed E-state index contributed by atoms with van der Waals surface area (Å²) in [5.41, 5.74) is 1.15. The fraction of sp³-hybridized carbons (Fsp3) is 0.611. The van der Waals surface area contributed by atoms with Gasteiger partial charge in [0.05, 0.1) is 19.3 Å². The predicted molar refractivity (Wildman–Crippen MR) is 101 cm³/mol. The molecule has 0 saturated carbocycles. The minimum absolute atomic E-state index is 0.143. The van der Waals surface area contributed by atoms with Crippen LogP contribution in [0.25, 0.3) is 0 Å².